The summed E-state index contributed by atoms with van der Waals surface area (Å²) >= 11 is 0. The molecule has 2 heterocycles. The van der Waals surface area contributed by atoms with Gasteiger partial charge in [-0.15, -0.1) is 0 Å². The van der Waals surface area contributed by atoms with E-state index in [1.165, 1.54) is 11.8 Å². The van der Waals surface area contributed by atoms with Gasteiger partial charge in [0.25, 0.3) is 0 Å². The van der Waals surface area contributed by atoms with Crippen molar-refractivity contribution in [1.82, 2.24) is 25.2 Å². The van der Waals surface area contributed by atoms with E-state index < -0.39 is 6.04 Å². The van der Waals surface area contributed by atoms with Crippen LogP contribution in [-0.4, -0.2) is 44.8 Å². The van der Waals surface area contributed by atoms with Crippen molar-refractivity contribution < 1.29 is 9.59 Å². The van der Waals surface area contributed by atoms with E-state index >= 15 is 0 Å². The Morgan fingerprint density at radius 3 is 2.71 bits per heavy atom. The minimum Gasteiger partial charge on any atom is -0.300 e. The Kier molecular flexibility index (Phi) is 3.49. The summed E-state index contributed by atoms with van der Waals surface area (Å²) in [5.41, 5.74) is 1.59. The highest BCUT2D eigenvalue weighted by Crippen LogP contribution is 2.11. The summed E-state index contributed by atoms with van der Waals surface area (Å²) in [6, 6.07) is 9.10. The third-order valence-electron chi connectivity index (χ3n) is 3.44. The topological polar surface area (TPSA) is 80.1 Å². The van der Waals surface area contributed by atoms with Crippen LogP contribution in [0.15, 0.2) is 36.5 Å². The molecular formula is C14H15N5O2. The van der Waals surface area contributed by atoms with E-state index in [9.17, 15) is 9.59 Å². The molecule has 0 bridgehead atoms. The fourth-order valence-corrected chi connectivity index (χ4v) is 2.20. The molecule has 3 rings (SSSR count). The van der Waals surface area contributed by atoms with Crippen molar-refractivity contribution in [2.75, 3.05) is 7.05 Å². The maximum absolute atomic E-state index is 11.8. The molecule has 2 aromatic rings. The first kappa shape index (κ1) is 13.4. The lowest BCUT2D eigenvalue weighted by atomic mass is 10.2. The molecule has 1 N–H and O–H groups in total. The van der Waals surface area contributed by atoms with E-state index in [-0.39, 0.29) is 18.2 Å². The Balaban J connectivity index is 1.64. The first-order chi connectivity index (χ1) is 10.1. The van der Waals surface area contributed by atoms with Crippen molar-refractivity contribution in [2.24, 2.45) is 0 Å². The summed E-state index contributed by atoms with van der Waals surface area (Å²) in [4.78, 5) is 25.9. The second kappa shape index (κ2) is 5.45. The molecule has 1 aromatic heterocycles. The van der Waals surface area contributed by atoms with Crippen LogP contribution in [0.3, 0.4) is 0 Å². The monoisotopic (exact) mass is 285 g/mol. The Hall–Kier alpha value is -2.54. The molecule has 0 radical (unpaired) electrons. The van der Waals surface area contributed by atoms with Crippen LogP contribution in [0, 0.1) is 0 Å². The summed E-state index contributed by atoms with van der Waals surface area (Å²) < 4.78 is 0. The Morgan fingerprint density at radius 1 is 1.29 bits per heavy atom. The number of para-hydroxylation sites is 1. The number of carbonyl (C=O) groups is 2. The van der Waals surface area contributed by atoms with Gasteiger partial charge in [-0.1, -0.05) is 18.2 Å². The van der Waals surface area contributed by atoms with Crippen molar-refractivity contribution in [1.29, 1.82) is 0 Å². The van der Waals surface area contributed by atoms with Gasteiger partial charge in [-0.2, -0.15) is 15.0 Å². The summed E-state index contributed by atoms with van der Waals surface area (Å²) in [5, 5.41) is 11.6. The van der Waals surface area contributed by atoms with Gasteiger partial charge in [0.05, 0.1) is 30.0 Å². The van der Waals surface area contributed by atoms with E-state index in [0.29, 0.717) is 12.2 Å². The van der Waals surface area contributed by atoms with Crippen molar-refractivity contribution in [3.05, 3.63) is 42.2 Å². The number of likely N-dealkylation sites (N-methyl/N-ethyl adjacent to an activating group) is 1. The normalized spacial score (nSPS) is 18.5. The molecule has 7 nitrogen and oxygen atoms in total. The molecule has 1 aliphatic rings. The molecule has 0 spiro atoms. The fraction of sp³-hybridized carbons (Fsp3) is 0.286. The van der Waals surface area contributed by atoms with Gasteiger partial charge in [0.15, 0.2) is 0 Å². The number of nitrogens with one attached hydrogen (secondary N) is 1. The van der Waals surface area contributed by atoms with Gasteiger partial charge in [0, 0.05) is 13.6 Å². The molecule has 1 aliphatic heterocycles. The van der Waals surface area contributed by atoms with E-state index in [1.807, 2.05) is 30.3 Å². The first-order valence-corrected chi connectivity index (χ1v) is 6.65. The van der Waals surface area contributed by atoms with Gasteiger partial charge in [-0.05, 0) is 12.1 Å². The van der Waals surface area contributed by atoms with Crippen LogP contribution in [-0.2, 0) is 16.1 Å². The highest BCUT2D eigenvalue weighted by Gasteiger charge is 2.35. The standard InChI is InChI=1S/C14H15N5O2/c1-18-13(20)7-12(14(18)21)15-8-10-9-16-19(17-10)11-5-3-2-4-6-11/h2-6,9,12,15H,7-8H2,1H3. The number of aromatic nitrogens is 3. The van der Waals surface area contributed by atoms with Crippen LogP contribution in [0.4, 0.5) is 0 Å². The number of nitrogens with zero attached hydrogens (tertiary/aromatic N) is 4. The van der Waals surface area contributed by atoms with Gasteiger partial charge < -0.3 is 0 Å². The average molecular weight is 285 g/mol. The predicted molar refractivity (Wildman–Crippen MR) is 74.4 cm³/mol. The smallest absolute Gasteiger partial charge is 0.246 e. The van der Waals surface area contributed by atoms with Crippen LogP contribution in [0.1, 0.15) is 12.1 Å². The zero-order valence-corrected chi connectivity index (χ0v) is 11.6. The Bertz CT molecular complexity index is 667. The molecule has 1 atom stereocenters. The van der Waals surface area contributed by atoms with E-state index in [1.54, 1.807) is 6.20 Å². The molecule has 1 unspecified atom stereocenters. The van der Waals surface area contributed by atoms with Crippen LogP contribution in [0.2, 0.25) is 0 Å². The summed E-state index contributed by atoms with van der Waals surface area (Å²) in [6.07, 6.45) is 1.84. The molecule has 1 aromatic carbocycles. The van der Waals surface area contributed by atoms with Gasteiger partial charge in [-0.3, -0.25) is 19.8 Å². The Labute approximate surface area is 121 Å². The lowest BCUT2D eigenvalue weighted by molar-refractivity contribution is -0.137. The summed E-state index contributed by atoms with van der Waals surface area (Å²) in [7, 11) is 1.50. The third kappa shape index (κ3) is 2.68. The number of benzene rings is 1. The second-order valence-electron chi connectivity index (χ2n) is 4.89. The van der Waals surface area contributed by atoms with Crippen LogP contribution < -0.4 is 5.32 Å². The van der Waals surface area contributed by atoms with Crippen molar-refractivity contribution in [2.45, 2.75) is 19.0 Å². The van der Waals surface area contributed by atoms with E-state index in [2.05, 4.69) is 15.5 Å². The Morgan fingerprint density at radius 2 is 2.05 bits per heavy atom. The maximum atomic E-state index is 11.8. The van der Waals surface area contributed by atoms with E-state index in [4.69, 9.17) is 0 Å². The molecule has 7 heteroatoms. The second-order valence-corrected chi connectivity index (χ2v) is 4.89. The largest absolute Gasteiger partial charge is 0.300 e. The predicted octanol–water partition coefficient (Wildman–Crippen LogP) is 0.114. The lowest BCUT2D eigenvalue weighted by Gasteiger charge is -2.09. The average Bonchev–Trinajstić information content (AvgIpc) is 3.07. The van der Waals surface area contributed by atoms with E-state index in [0.717, 1.165) is 10.6 Å². The molecule has 0 saturated carbocycles. The molecule has 21 heavy (non-hydrogen) atoms. The molecule has 1 saturated heterocycles. The summed E-state index contributed by atoms with van der Waals surface area (Å²) in [6.45, 7) is 0.393. The highest BCUT2D eigenvalue weighted by molar-refractivity contribution is 6.05. The van der Waals surface area contributed by atoms with Crippen LogP contribution in [0.5, 0.6) is 0 Å². The zero-order chi connectivity index (χ0) is 14.8. The van der Waals surface area contributed by atoms with Gasteiger partial charge >= 0.3 is 0 Å². The van der Waals surface area contributed by atoms with Gasteiger partial charge in [-0.25, -0.2) is 0 Å². The molecular weight excluding hydrogens is 270 g/mol. The maximum Gasteiger partial charge on any atom is 0.246 e. The lowest BCUT2D eigenvalue weighted by Crippen LogP contribution is -2.36. The summed E-state index contributed by atoms with van der Waals surface area (Å²) in [5.74, 6) is -0.360. The minimum absolute atomic E-state index is 0.162. The molecule has 108 valence electrons. The molecule has 1 fully saturated rings. The number of carbonyl (C=O) groups excluding carboxylic acids is 2. The number of rotatable bonds is 4. The van der Waals surface area contributed by atoms with Crippen LogP contribution >= 0.6 is 0 Å². The van der Waals surface area contributed by atoms with Gasteiger partial charge in [0.1, 0.15) is 0 Å². The quantitative estimate of drug-likeness (QED) is 0.807. The van der Waals surface area contributed by atoms with Crippen LogP contribution in [0.25, 0.3) is 5.69 Å². The number of amides is 2. The van der Waals surface area contributed by atoms with Gasteiger partial charge in [0.2, 0.25) is 11.8 Å². The minimum atomic E-state index is -0.468. The fourth-order valence-electron chi connectivity index (χ4n) is 2.20. The molecule has 0 aliphatic carbocycles. The number of imide groups is 1. The first-order valence-electron chi connectivity index (χ1n) is 6.65. The number of likely N-dealkylation sites (tertiary alicyclic amines) is 1. The highest BCUT2D eigenvalue weighted by atomic mass is 16.2. The number of hydrogen-bond donors (Lipinski definition) is 1. The zero-order valence-electron chi connectivity index (χ0n) is 11.6. The van der Waals surface area contributed by atoms with Crippen molar-refractivity contribution in [3.63, 3.8) is 0 Å². The SMILES string of the molecule is CN1C(=O)CC(NCc2cnn(-c3ccccc3)n2)C1=O. The van der Waals surface area contributed by atoms with Crippen molar-refractivity contribution >= 4 is 11.8 Å². The number of hydrogen-bond acceptors (Lipinski definition) is 5. The van der Waals surface area contributed by atoms with Crippen molar-refractivity contribution in [3.8, 4) is 5.69 Å². The molecule has 2 amide bonds. The third-order valence-corrected chi connectivity index (χ3v) is 3.44.